The molecule has 2 heterocycles. The summed E-state index contributed by atoms with van der Waals surface area (Å²) < 4.78 is 5.32. The highest BCUT2D eigenvalue weighted by molar-refractivity contribution is 7.15. The maximum Gasteiger partial charge on any atom is 0.177 e. The van der Waals surface area contributed by atoms with E-state index in [-0.39, 0.29) is 0 Å². The lowest BCUT2D eigenvalue weighted by molar-refractivity contribution is 0.418. The molecule has 0 aromatic carbocycles. The summed E-state index contributed by atoms with van der Waals surface area (Å²) in [5.41, 5.74) is 0.953. The van der Waals surface area contributed by atoms with Gasteiger partial charge in [-0.3, -0.25) is 0 Å². The summed E-state index contributed by atoms with van der Waals surface area (Å²) in [6.45, 7) is 7.07. The molecule has 0 aliphatic rings. The molecule has 3 nitrogen and oxygen atoms in total. The average Bonchev–Trinajstić information content (AvgIpc) is 2.83. The van der Waals surface area contributed by atoms with Crippen LogP contribution in [0.2, 0.25) is 0 Å². The lowest BCUT2D eigenvalue weighted by Gasteiger charge is -2.03. The maximum atomic E-state index is 5.32. The van der Waals surface area contributed by atoms with Crippen LogP contribution >= 0.6 is 11.3 Å². The highest BCUT2D eigenvalue weighted by atomic mass is 32.1. The number of thiophene rings is 1. The summed E-state index contributed by atoms with van der Waals surface area (Å²) in [6.07, 6.45) is 0. The molecule has 16 heavy (non-hydrogen) atoms. The molecule has 0 saturated carbocycles. The Morgan fingerprint density at radius 1 is 1.44 bits per heavy atom. The van der Waals surface area contributed by atoms with Crippen molar-refractivity contribution in [2.24, 2.45) is 0 Å². The van der Waals surface area contributed by atoms with Crippen molar-refractivity contribution >= 4 is 11.3 Å². The Morgan fingerprint density at radius 2 is 2.25 bits per heavy atom. The minimum absolute atomic E-state index is 0.462. The van der Waals surface area contributed by atoms with Crippen molar-refractivity contribution in [3.8, 4) is 10.6 Å². The zero-order valence-corrected chi connectivity index (χ0v) is 10.6. The van der Waals surface area contributed by atoms with E-state index < -0.39 is 0 Å². The van der Waals surface area contributed by atoms with E-state index in [0.29, 0.717) is 6.04 Å². The first-order valence-corrected chi connectivity index (χ1v) is 6.22. The molecule has 2 rings (SSSR count). The third kappa shape index (κ3) is 2.71. The molecule has 0 spiro atoms. The van der Waals surface area contributed by atoms with Crippen LogP contribution in [0.25, 0.3) is 10.6 Å². The smallest absolute Gasteiger partial charge is 0.177 e. The zero-order valence-electron chi connectivity index (χ0n) is 9.78. The van der Waals surface area contributed by atoms with Gasteiger partial charge in [-0.2, -0.15) is 0 Å². The summed E-state index contributed by atoms with van der Waals surface area (Å²) in [6, 6.07) is 6.62. The maximum absolute atomic E-state index is 5.32. The molecule has 86 valence electrons. The number of nitrogens with zero attached hydrogens (tertiary/aromatic N) is 1. The van der Waals surface area contributed by atoms with E-state index in [2.05, 4.69) is 43.4 Å². The first-order chi connectivity index (χ1) is 7.65. The fourth-order valence-electron chi connectivity index (χ4n) is 1.39. The quantitative estimate of drug-likeness (QED) is 0.885. The van der Waals surface area contributed by atoms with Gasteiger partial charge in [-0.25, -0.2) is 0 Å². The molecule has 2 aromatic rings. The normalized spacial score (nSPS) is 11.2. The highest BCUT2D eigenvalue weighted by Gasteiger charge is 2.08. The summed E-state index contributed by atoms with van der Waals surface area (Å²) in [5.74, 6) is 0.860. The van der Waals surface area contributed by atoms with Crippen molar-refractivity contribution in [3.05, 3.63) is 28.8 Å². The van der Waals surface area contributed by atoms with Crippen LogP contribution in [0.4, 0.5) is 0 Å². The Bertz CT molecular complexity index is 459. The average molecular weight is 236 g/mol. The Hall–Kier alpha value is -1.13. The van der Waals surface area contributed by atoms with Crippen LogP contribution in [0, 0.1) is 6.92 Å². The predicted molar refractivity (Wildman–Crippen MR) is 66.5 cm³/mol. The van der Waals surface area contributed by atoms with E-state index >= 15 is 0 Å². The number of rotatable bonds is 4. The van der Waals surface area contributed by atoms with Gasteiger partial charge in [0.15, 0.2) is 5.76 Å². The monoisotopic (exact) mass is 236 g/mol. The van der Waals surface area contributed by atoms with E-state index in [1.807, 2.05) is 6.07 Å². The lowest BCUT2D eigenvalue weighted by atomic mass is 10.3. The van der Waals surface area contributed by atoms with Gasteiger partial charge < -0.3 is 9.84 Å². The fourth-order valence-corrected chi connectivity index (χ4v) is 2.20. The van der Waals surface area contributed by atoms with Crippen LogP contribution in [0.15, 0.2) is 22.7 Å². The van der Waals surface area contributed by atoms with Crippen LogP contribution in [0.5, 0.6) is 0 Å². The fraction of sp³-hybridized carbons (Fsp3) is 0.417. The third-order valence-electron chi connectivity index (χ3n) is 2.23. The Kier molecular flexibility index (Phi) is 3.41. The second kappa shape index (κ2) is 4.80. The van der Waals surface area contributed by atoms with Gasteiger partial charge in [0.2, 0.25) is 0 Å². The Morgan fingerprint density at radius 3 is 2.88 bits per heavy atom. The number of hydrogen-bond donors (Lipinski definition) is 1. The molecule has 4 heteroatoms. The summed E-state index contributed by atoms with van der Waals surface area (Å²) in [4.78, 5) is 2.43. The summed E-state index contributed by atoms with van der Waals surface area (Å²) >= 11 is 1.72. The first-order valence-electron chi connectivity index (χ1n) is 5.41. The van der Waals surface area contributed by atoms with Crippen LogP contribution in [0.1, 0.15) is 24.4 Å². The molecular weight excluding hydrogens is 220 g/mol. The molecule has 0 aliphatic carbocycles. The van der Waals surface area contributed by atoms with E-state index in [4.69, 9.17) is 4.52 Å². The van der Waals surface area contributed by atoms with E-state index in [1.165, 1.54) is 4.88 Å². The molecule has 1 N–H and O–H groups in total. The largest absolute Gasteiger partial charge is 0.355 e. The molecular formula is C12H16N2OS. The molecule has 0 amide bonds. The second-order valence-electron chi connectivity index (χ2n) is 4.13. The van der Waals surface area contributed by atoms with E-state index in [0.717, 1.165) is 22.9 Å². The van der Waals surface area contributed by atoms with E-state index in [1.54, 1.807) is 11.3 Å². The van der Waals surface area contributed by atoms with Crippen molar-refractivity contribution in [2.45, 2.75) is 33.4 Å². The van der Waals surface area contributed by atoms with Crippen molar-refractivity contribution in [2.75, 3.05) is 0 Å². The van der Waals surface area contributed by atoms with Crippen molar-refractivity contribution in [1.29, 1.82) is 0 Å². The first kappa shape index (κ1) is 11.4. The van der Waals surface area contributed by atoms with Crippen LogP contribution in [-0.2, 0) is 6.54 Å². The third-order valence-corrected chi connectivity index (χ3v) is 3.25. The molecule has 2 aromatic heterocycles. The van der Waals surface area contributed by atoms with Gasteiger partial charge in [-0.1, -0.05) is 19.0 Å². The van der Waals surface area contributed by atoms with Gasteiger partial charge in [0, 0.05) is 23.5 Å². The summed E-state index contributed by atoms with van der Waals surface area (Å²) in [5, 5.41) is 7.36. The van der Waals surface area contributed by atoms with Crippen molar-refractivity contribution in [1.82, 2.24) is 10.5 Å². The van der Waals surface area contributed by atoms with Gasteiger partial charge in [0.25, 0.3) is 0 Å². The molecule has 0 unspecified atom stereocenters. The van der Waals surface area contributed by atoms with Gasteiger partial charge in [-0.15, -0.1) is 11.3 Å². The number of hydrogen-bond acceptors (Lipinski definition) is 4. The molecule has 0 fully saturated rings. The summed E-state index contributed by atoms with van der Waals surface area (Å²) in [7, 11) is 0. The molecule has 0 aliphatic heterocycles. The highest BCUT2D eigenvalue weighted by Crippen LogP contribution is 2.27. The molecule has 0 bridgehead atoms. The van der Waals surface area contributed by atoms with Gasteiger partial charge in [0.1, 0.15) is 0 Å². The Labute approximate surface area is 99.5 Å². The van der Waals surface area contributed by atoms with Gasteiger partial charge in [-0.05, 0) is 19.1 Å². The molecule has 0 saturated heterocycles. The minimum atomic E-state index is 0.462. The molecule has 0 radical (unpaired) electrons. The second-order valence-corrected chi connectivity index (χ2v) is 5.42. The Balaban J connectivity index is 2.07. The predicted octanol–water partition coefficient (Wildman–Crippen LogP) is 3.21. The molecule has 0 atom stereocenters. The SMILES string of the molecule is Cc1ccc(-c2cc(CNC(C)C)no2)s1. The van der Waals surface area contributed by atoms with E-state index in [9.17, 15) is 0 Å². The zero-order chi connectivity index (χ0) is 11.5. The number of aromatic nitrogens is 1. The number of aryl methyl sites for hydroxylation is 1. The standard InChI is InChI=1S/C12H16N2OS/c1-8(2)13-7-10-6-11(15-14-10)12-5-4-9(3)16-12/h4-6,8,13H,7H2,1-3H3. The van der Waals surface area contributed by atoms with Crippen LogP contribution in [-0.4, -0.2) is 11.2 Å². The van der Waals surface area contributed by atoms with Crippen LogP contribution in [0.3, 0.4) is 0 Å². The van der Waals surface area contributed by atoms with Gasteiger partial charge in [0.05, 0.1) is 10.6 Å². The topological polar surface area (TPSA) is 38.1 Å². The van der Waals surface area contributed by atoms with Crippen LogP contribution < -0.4 is 5.32 Å². The van der Waals surface area contributed by atoms with Crippen molar-refractivity contribution in [3.63, 3.8) is 0 Å². The minimum Gasteiger partial charge on any atom is -0.355 e. The van der Waals surface area contributed by atoms with Crippen molar-refractivity contribution < 1.29 is 4.52 Å². The number of nitrogens with one attached hydrogen (secondary N) is 1. The lowest BCUT2D eigenvalue weighted by Crippen LogP contribution is -2.21. The van der Waals surface area contributed by atoms with Gasteiger partial charge >= 0.3 is 0 Å².